The molecule has 3 N–H and O–H groups in total. The summed E-state index contributed by atoms with van der Waals surface area (Å²) in [6.45, 7) is 0. The first-order chi connectivity index (χ1) is 18.6. The molecule has 4 heteroatoms. The summed E-state index contributed by atoms with van der Waals surface area (Å²) in [5, 5.41) is 8.62. The molecule has 0 aromatic rings. The van der Waals surface area contributed by atoms with E-state index in [4.69, 9.17) is 10.8 Å². The third-order valence-corrected chi connectivity index (χ3v) is 8.06. The summed E-state index contributed by atoms with van der Waals surface area (Å²) < 4.78 is 0. The molecular formula is C34H67NO3. The Balaban J connectivity index is 3.04. The summed E-state index contributed by atoms with van der Waals surface area (Å²) in [4.78, 5) is 21.1. The van der Waals surface area contributed by atoms with Gasteiger partial charge in [0, 0.05) is 12.8 Å². The Morgan fingerprint density at radius 3 is 0.632 bits per heavy atom. The highest BCUT2D eigenvalue weighted by Gasteiger charge is 1.99. The summed E-state index contributed by atoms with van der Waals surface area (Å²) in [6.07, 6.45) is 41.2. The molecule has 38 heavy (non-hydrogen) atoms. The van der Waals surface area contributed by atoms with Gasteiger partial charge in [0.2, 0.25) is 5.91 Å². The fourth-order valence-corrected chi connectivity index (χ4v) is 5.53. The zero-order valence-electron chi connectivity index (χ0n) is 25.5. The fourth-order valence-electron chi connectivity index (χ4n) is 5.53. The third-order valence-electron chi connectivity index (χ3n) is 8.06. The predicted octanol–water partition coefficient (Wildman–Crippen LogP) is 11.0. The summed E-state index contributed by atoms with van der Waals surface area (Å²) in [5.41, 5.74) is 5.16. The Labute approximate surface area is 237 Å². The molecule has 0 fully saturated rings. The molecule has 0 aliphatic heterocycles. The summed E-state index contributed by atoms with van der Waals surface area (Å²) in [7, 11) is 0. The topological polar surface area (TPSA) is 80.4 Å². The van der Waals surface area contributed by atoms with Crippen molar-refractivity contribution >= 4 is 11.9 Å². The molecule has 0 saturated carbocycles. The highest BCUT2D eigenvalue weighted by Crippen LogP contribution is 2.16. The van der Waals surface area contributed by atoms with Crippen molar-refractivity contribution in [3.63, 3.8) is 0 Å². The highest BCUT2D eigenvalue weighted by molar-refractivity contribution is 5.73. The standard InChI is InChI=1S/C34H67NO3/c35-33(36)31-29-27-25-23-21-19-17-15-13-11-9-7-5-3-1-2-4-6-8-10-12-14-16-18-20-22-24-26-28-30-32-34(37)38/h1-32H2,(H2,35,36)(H,37,38). The van der Waals surface area contributed by atoms with Crippen LogP contribution in [0.2, 0.25) is 0 Å². The van der Waals surface area contributed by atoms with Gasteiger partial charge in [-0.3, -0.25) is 9.59 Å². The first-order valence-corrected chi connectivity index (χ1v) is 17.1. The average Bonchev–Trinajstić information content (AvgIpc) is 2.89. The van der Waals surface area contributed by atoms with Gasteiger partial charge in [-0.05, 0) is 12.8 Å². The van der Waals surface area contributed by atoms with Crippen molar-refractivity contribution in [2.75, 3.05) is 0 Å². The largest absolute Gasteiger partial charge is 0.481 e. The fraction of sp³-hybridized carbons (Fsp3) is 0.941. The first-order valence-electron chi connectivity index (χ1n) is 17.1. The molecule has 0 rings (SSSR count). The predicted molar refractivity (Wildman–Crippen MR) is 165 cm³/mol. The second-order valence-electron chi connectivity index (χ2n) is 12.0. The van der Waals surface area contributed by atoms with Gasteiger partial charge in [0.1, 0.15) is 0 Å². The SMILES string of the molecule is NC(=O)CCCCCCCCCCCCCCCCCCCCCCCCCCCCCCCCC(=O)O. The molecule has 0 radical (unpaired) electrons. The number of unbranched alkanes of at least 4 members (excludes halogenated alkanes) is 29. The molecular weight excluding hydrogens is 470 g/mol. The van der Waals surface area contributed by atoms with Crippen LogP contribution in [0.5, 0.6) is 0 Å². The van der Waals surface area contributed by atoms with Gasteiger partial charge in [0.05, 0.1) is 0 Å². The Morgan fingerprint density at radius 1 is 0.316 bits per heavy atom. The van der Waals surface area contributed by atoms with E-state index >= 15 is 0 Å². The van der Waals surface area contributed by atoms with Crippen LogP contribution in [-0.4, -0.2) is 17.0 Å². The van der Waals surface area contributed by atoms with Gasteiger partial charge in [-0.2, -0.15) is 0 Å². The molecule has 0 bridgehead atoms. The molecule has 1 amide bonds. The lowest BCUT2D eigenvalue weighted by atomic mass is 10.0. The van der Waals surface area contributed by atoms with Crippen molar-refractivity contribution in [1.29, 1.82) is 0 Å². The maximum Gasteiger partial charge on any atom is 0.303 e. The smallest absolute Gasteiger partial charge is 0.303 e. The maximum absolute atomic E-state index is 10.7. The normalized spacial score (nSPS) is 11.3. The number of carboxylic acids is 1. The lowest BCUT2D eigenvalue weighted by molar-refractivity contribution is -0.137. The molecule has 0 aliphatic rings. The van der Waals surface area contributed by atoms with Crippen LogP contribution >= 0.6 is 0 Å². The minimum atomic E-state index is -0.654. The minimum absolute atomic E-state index is 0.155. The number of carboxylic acid groups (broad SMARTS) is 1. The maximum atomic E-state index is 10.7. The van der Waals surface area contributed by atoms with Crippen molar-refractivity contribution in [2.24, 2.45) is 5.73 Å². The van der Waals surface area contributed by atoms with Crippen LogP contribution in [0.3, 0.4) is 0 Å². The van der Waals surface area contributed by atoms with Crippen molar-refractivity contribution < 1.29 is 14.7 Å². The summed E-state index contributed by atoms with van der Waals surface area (Å²) in [6, 6.07) is 0. The Morgan fingerprint density at radius 2 is 0.474 bits per heavy atom. The van der Waals surface area contributed by atoms with Gasteiger partial charge < -0.3 is 10.8 Å². The van der Waals surface area contributed by atoms with Crippen LogP contribution in [0.15, 0.2) is 0 Å². The number of carbonyl (C=O) groups is 2. The van der Waals surface area contributed by atoms with E-state index in [1.165, 1.54) is 167 Å². The lowest BCUT2D eigenvalue weighted by Crippen LogP contribution is -2.09. The van der Waals surface area contributed by atoms with Crippen molar-refractivity contribution in [1.82, 2.24) is 0 Å². The second kappa shape index (κ2) is 32.2. The van der Waals surface area contributed by atoms with E-state index in [2.05, 4.69) is 0 Å². The van der Waals surface area contributed by atoms with Crippen LogP contribution in [0.25, 0.3) is 0 Å². The molecule has 0 unspecified atom stereocenters. The molecule has 0 spiro atoms. The van der Waals surface area contributed by atoms with Gasteiger partial charge in [0.25, 0.3) is 0 Å². The van der Waals surface area contributed by atoms with Gasteiger partial charge >= 0.3 is 5.97 Å². The lowest BCUT2D eigenvalue weighted by Gasteiger charge is -2.04. The molecule has 0 aromatic heterocycles. The molecule has 226 valence electrons. The molecule has 0 saturated heterocycles. The number of hydrogen-bond acceptors (Lipinski definition) is 2. The number of hydrogen-bond donors (Lipinski definition) is 2. The van der Waals surface area contributed by atoms with E-state index in [-0.39, 0.29) is 5.91 Å². The Hall–Kier alpha value is -1.06. The molecule has 0 aromatic carbocycles. The van der Waals surface area contributed by atoms with Crippen LogP contribution in [-0.2, 0) is 9.59 Å². The number of carbonyl (C=O) groups excluding carboxylic acids is 1. The van der Waals surface area contributed by atoms with Crippen molar-refractivity contribution in [2.45, 2.75) is 205 Å². The molecule has 4 nitrogen and oxygen atoms in total. The number of rotatable bonds is 33. The third kappa shape index (κ3) is 34.9. The zero-order valence-corrected chi connectivity index (χ0v) is 25.5. The Bertz CT molecular complexity index is 450. The highest BCUT2D eigenvalue weighted by atomic mass is 16.4. The van der Waals surface area contributed by atoms with E-state index in [0.29, 0.717) is 12.8 Å². The molecule has 0 aliphatic carbocycles. The van der Waals surface area contributed by atoms with Gasteiger partial charge in [-0.25, -0.2) is 0 Å². The number of amides is 1. The number of primary amides is 1. The van der Waals surface area contributed by atoms with Crippen LogP contribution < -0.4 is 5.73 Å². The van der Waals surface area contributed by atoms with E-state index < -0.39 is 5.97 Å². The number of nitrogens with two attached hydrogens (primary N) is 1. The van der Waals surface area contributed by atoms with Gasteiger partial charge in [0.15, 0.2) is 0 Å². The molecule has 0 atom stereocenters. The average molecular weight is 538 g/mol. The Kier molecular flexibility index (Phi) is 31.3. The number of aliphatic carboxylic acids is 1. The monoisotopic (exact) mass is 538 g/mol. The van der Waals surface area contributed by atoms with Crippen LogP contribution in [0.1, 0.15) is 205 Å². The summed E-state index contributed by atoms with van der Waals surface area (Å²) in [5.74, 6) is -0.809. The van der Waals surface area contributed by atoms with Crippen LogP contribution in [0, 0.1) is 0 Å². The quantitative estimate of drug-likeness (QED) is 0.0817. The van der Waals surface area contributed by atoms with Gasteiger partial charge in [-0.1, -0.05) is 180 Å². The van der Waals surface area contributed by atoms with E-state index in [1.807, 2.05) is 0 Å². The van der Waals surface area contributed by atoms with Crippen LogP contribution in [0.4, 0.5) is 0 Å². The first kappa shape index (κ1) is 36.9. The van der Waals surface area contributed by atoms with Crippen molar-refractivity contribution in [3.8, 4) is 0 Å². The zero-order chi connectivity index (χ0) is 27.8. The minimum Gasteiger partial charge on any atom is -0.481 e. The van der Waals surface area contributed by atoms with Crippen molar-refractivity contribution in [3.05, 3.63) is 0 Å². The second-order valence-corrected chi connectivity index (χ2v) is 12.0. The molecule has 0 heterocycles. The van der Waals surface area contributed by atoms with E-state index in [0.717, 1.165) is 25.7 Å². The summed E-state index contributed by atoms with van der Waals surface area (Å²) >= 11 is 0. The van der Waals surface area contributed by atoms with E-state index in [9.17, 15) is 9.59 Å². The van der Waals surface area contributed by atoms with Gasteiger partial charge in [-0.15, -0.1) is 0 Å². The van der Waals surface area contributed by atoms with E-state index in [1.54, 1.807) is 0 Å².